The Labute approximate surface area is 229 Å². The normalized spacial score (nSPS) is 43.9. The summed E-state index contributed by atoms with van der Waals surface area (Å²) in [7, 11) is 0. The van der Waals surface area contributed by atoms with E-state index in [1.807, 2.05) is 0 Å². The molecule has 0 radical (unpaired) electrons. The van der Waals surface area contributed by atoms with Crippen LogP contribution in [0, 0.1) is 58.2 Å². The van der Waals surface area contributed by atoms with Crippen molar-refractivity contribution in [3.05, 3.63) is 0 Å². The lowest BCUT2D eigenvalue weighted by molar-refractivity contribution is -0.203. The van der Waals surface area contributed by atoms with Crippen LogP contribution in [-0.2, 0) is 9.53 Å². The van der Waals surface area contributed by atoms with Gasteiger partial charge < -0.3 is 25.4 Å². The van der Waals surface area contributed by atoms with Crippen LogP contribution < -0.4 is 5.32 Å². The van der Waals surface area contributed by atoms with Gasteiger partial charge in [0.2, 0.25) is 0 Å². The van der Waals surface area contributed by atoms with Crippen molar-refractivity contribution < 1.29 is 29.6 Å². The standard InChI is InChI=1S/C31H53NO6/c1-7-20-24-16-19(33)10-13-31(24,6)23-11-14-30(5)21(8-9-22(30)25(23)27(20)34)18(4)12-15-38-29(37)32-26(17(2)3)28(35)36/h17-27,33-34H,7-16H2,1-6H3,(H,32,37)(H,35,36)/t18-,19-,20-,21-,22+,23+,24+,25+,26?,27-,30-,31-/m1/s1. The molecule has 7 heteroatoms. The average molecular weight is 536 g/mol. The van der Waals surface area contributed by atoms with Gasteiger partial charge in [0.25, 0.3) is 0 Å². The highest BCUT2D eigenvalue weighted by atomic mass is 16.5. The SMILES string of the molecule is CC[C@H]1[C@@H](O)[C@@H]2[C@H](CC[C@]3(C)[C@@H]([C@H](C)CCOC(=O)NC(C(=O)O)C(C)C)CC[C@@H]23)[C@@]2(C)CC[C@@H](O)C[C@@H]12. The van der Waals surface area contributed by atoms with Crippen molar-refractivity contribution >= 4 is 12.1 Å². The number of rotatable bonds is 8. The van der Waals surface area contributed by atoms with E-state index in [1.54, 1.807) is 13.8 Å². The predicted molar refractivity (Wildman–Crippen MR) is 146 cm³/mol. The second-order valence-electron chi connectivity index (χ2n) is 14.2. The van der Waals surface area contributed by atoms with E-state index in [-0.39, 0.29) is 41.5 Å². The first-order valence-corrected chi connectivity index (χ1v) is 15.4. The maximum Gasteiger partial charge on any atom is 0.407 e. The topological polar surface area (TPSA) is 116 Å². The summed E-state index contributed by atoms with van der Waals surface area (Å²) in [5.74, 6) is 1.68. The van der Waals surface area contributed by atoms with Gasteiger partial charge in [-0.1, -0.05) is 48.0 Å². The van der Waals surface area contributed by atoms with Crippen LogP contribution in [0.3, 0.4) is 0 Å². The van der Waals surface area contributed by atoms with E-state index in [0.717, 1.165) is 51.4 Å². The van der Waals surface area contributed by atoms with Crippen molar-refractivity contribution in [2.24, 2.45) is 58.2 Å². The summed E-state index contributed by atoms with van der Waals surface area (Å²) in [5.41, 5.74) is 0.380. The summed E-state index contributed by atoms with van der Waals surface area (Å²) in [6, 6.07) is -0.952. The van der Waals surface area contributed by atoms with E-state index >= 15 is 0 Å². The van der Waals surface area contributed by atoms with Crippen LogP contribution in [0.2, 0.25) is 0 Å². The van der Waals surface area contributed by atoms with E-state index < -0.39 is 18.1 Å². The summed E-state index contributed by atoms with van der Waals surface area (Å²) >= 11 is 0. The van der Waals surface area contributed by atoms with E-state index in [9.17, 15) is 24.9 Å². The van der Waals surface area contributed by atoms with Gasteiger partial charge in [-0.25, -0.2) is 9.59 Å². The van der Waals surface area contributed by atoms with Gasteiger partial charge >= 0.3 is 12.1 Å². The number of aliphatic hydroxyl groups excluding tert-OH is 2. The van der Waals surface area contributed by atoms with Crippen LogP contribution in [-0.4, -0.2) is 52.2 Å². The number of aliphatic hydroxyl groups is 2. The van der Waals surface area contributed by atoms with Crippen molar-refractivity contribution in [2.75, 3.05) is 6.61 Å². The lowest BCUT2D eigenvalue weighted by Gasteiger charge is -2.64. The number of carbonyl (C=O) groups excluding carboxylic acids is 1. The first kappa shape index (κ1) is 29.6. The van der Waals surface area contributed by atoms with Crippen molar-refractivity contribution in [2.45, 2.75) is 118 Å². The quantitative estimate of drug-likeness (QED) is 0.327. The molecule has 4 N–H and O–H groups in total. The summed E-state index contributed by atoms with van der Waals surface area (Å²) in [6.45, 7) is 13.2. The number of carbonyl (C=O) groups is 2. The molecule has 0 aliphatic heterocycles. The molecule has 4 aliphatic rings. The van der Waals surface area contributed by atoms with Gasteiger partial charge in [0, 0.05) is 0 Å². The summed E-state index contributed by atoms with van der Waals surface area (Å²) in [4.78, 5) is 23.6. The number of nitrogens with one attached hydrogen (secondary N) is 1. The van der Waals surface area contributed by atoms with Crippen molar-refractivity contribution in [3.63, 3.8) is 0 Å². The lowest BCUT2D eigenvalue weighted by Crippen LogP contribution is -2.62. The zero-order valence-corrected chi connectivity index (χ0v) is 24.5. The third-order valence-corrected chi connectivity index (χ3v) is 12.2. The highest BCUT2D eigenvalue weighted by Gasteiger charge is 2.64. The number of alkyl carbamates (subject to hydrolysis) is 1. The monoisotopic (exact) mass is 535 g/mol. The Morgan fingerprint density at radius 2 is 1.63 bits per heavy atom. The number of ether oxygens (including phenoxy) is 1. The van der Waals surface area contributed by atoms with Gasteiger partial charge in [-0.2, -0.15) is 0 Å². The lowest BCUT2D eigenvalue weighted by atomic mass is 9.41. The average Bonchev–Trinajstić information content (AvgIpc) is 3.20. The third-order valence-electron chi connectivity index (χ3n) is 12.2. The summed E-state index contributed by atoms with van der Waals surface area (Å²) < 4.78 is 5.41. The Morgan fingerprint density at radius 3 is 2.26 bits per heavy atom. The Kier molecular flexibility index (Phi) is 8.79. The molecule has 0 spiro atoms. The second kappa shape index (κ2) is 11.3. The molecule has 1 amide bonds. The van der Waals surface area contributed by atoms with Crippen LogP contribution in [0.15, 0.2) is 0 Å². The fraction of sp³-hybridized carbons (Fsp3) is 0.935. The van der Waals surface area contributed by atoms with E-state index in [1.165, 1.54) is 6.42 Å². The third kappa shape index (κ3) is 5.11. The van der Waals surface area contributed by atoms with Gasteiger partial charge in [-0.15, -0.1) is 0 Å². The molecule has 0 aromatic rings. The molecule has 4 aliphatic carbocycles. The highest BCUT2D eigenvalue weighted by molar-refractivity contribution is 5.80. The fourth-order valence-corrected chi connectivity index (χ4v) is 10.2. The molecular formula is C31H53NO6. The predicted octanol–water partition coefficient (Wildman–Crippen LogP) is 5.47. The second-order valence-corrected chi connectivity index (χ2v) is 14.2. The van der Waals surface area contributed by atoms with Crippen LogP contribution in [0.1, 0.15) is 99.3 Å². The molecule has 4 fully saturated rings. The fourth-order valence-electron chi connectivity index (χ4n) is 10.2. The van der Waals surface area contributed by atoms with Crippen molar-refractivity contribution in [3.8, 4) is 0 Å². The number of aliphatic carboxylic acids is 1. The van der Waals surface area contributed by atoms with Crippen LogP contribution in [0.4, 0.5) is 4.79 Å². The van der Waals surface area contributed by atoms with Crippen LogP contribution in [0.5, 0.6) is 0 Å². The van der Waals surface area contributed by atoms with Crippen molar-refractivity contribution in [1.82, 2.24) is 5.32 Å². The minimum absolute atomic E-state index is 0.172. The number of fused-ring (bicyclic) bond motifs is 5. The van der Waals surface area contributed by atoms with Crippen molar-refractivity contribution in [1.29, 1.82) is 0 Å². The minimum Gasteiger partial charge on any atom is -0.480 e. The van der Waals surface area contributed by atoms with E-state index in [4.69, 9.17) is 4.74 Å². The van der Waals surface area contributed by atoms with Gasteiger partial charge in [-0.05, 0) is 110 Å². The number of carboxylic acid groups (broad SMARTS) is 1. The molecule has 218 valence electrons. The Morgan fingerprint density at radius 1 is 0.974 bits per heavy atom. The molecule has 4 saturated carbocycles. The number of carboxylic acids is 1. The molecule has 12 atom stereocenters. The van der Waals surface area contributed by atoms with Gasteiger partial charge in [0.05, 0.1) is 18.8 Å². The van der Waals surface area contributed by atoms with Crippen LogP contribution >= 0.6 is 0 Å². The Bertz CT molecular complexity index is 863. The molecule has 7 nitrogen and oxygen atoms in total. The summed E-state index contributed by atoms with van der Waals surface area (Å²) in [6.07, 6.45) is 8.00. The summed E-state index contributed by atoms with van der Waals surface area (Å²) in [5, 5.41) is 34.1. The van der Waals surface area contributed by atoms with Crippen LogP contribution in [0.25, 0.3) is 0 Å². The smallest absolute Gasteiger partial charge is 0.407 e. The maximum absolute atomic E-state index is 12.2. The number of hydrogen-bond donors (Lipinski definition) is 4. The van der Waals surface area contributed by atoms with Gasteiger partial charge in [-0.3, -0.25) is 0 Å². The largest absolute Gasteiger partial charge is 0.480 e. The zero-order valence-electron chi connectivity index (χ0n) is 24.5. The number of amides is 1. The molecule has 1 unspecified atom stereocenters. The maximum atomic E-state index is 12.2. The first-order chi connectivity index (χ1) is 17.8. The minimum atomic E-state index is -1.05. The molecule has 0 heterocycles. The molecule has 0 aromatic heterocycles. The molecule has 0 saturated heterocycles. The van der Waals surface area contributed by atoms with Gasteiger partial charge in [0.1, 0.15) is 6.04 Å². The molecule has 4 rings (SSSR count). The highest BCUT2D eigenvalue weighted by Crippen LogP contribution is 2.69. The van der Waals surface area contributed by atoms with E-state index in [0.29, 0.717) is 35.5 Å². The molecule has 38 heavy (non-hydrogen) atoms. The molecule has 0 aromatic carbocycles. The number of hydrogen-bond acceptors (Lipinski definition) is 5. The molecular weight excluding hydrogens is 482 g/mol. The Hall–Kier alpha value is -1.34. The Balaban J connectivity index is 1.41. The zero-order chi connectivity index (χ0) is 28.0. The molecule has 0 bridgehead atoms. The first-order valence-electron chi connectivity index (χ1n) is 15.4. The van der Waals surface area contributed by atoms with E-state index in [2.05, 4.69) is 33.0 Å². The van der Waals surface area contributed by atoms with Gasteiger partial charge in [0.15, 0.2) is 0 Å².